The second-order valence-corrected chi connectivity index (χ2v) is 11.6. The van der Waals surface area contributed by atoms with Crippen LogP contribution in [0.5, 0.6) is 11.6 Å². The average molecular weight is 618 g/mol. The molecule has 11 heteroatoms. The maximum Gasteiger partial charge on any atom is 0.254 e. The van der Waals surface area contributed by atoms with Crippen LogP contribution >= 0.6 is 15.9 Å². The van der Waals surface area contributed by atoms with E-state index in [-0.39, 0.29) is 30.7 Å². The third-order valence-electron chi connectivity index (χ3n) is 8.59. The van der Waals surface area contributed by atoms with Gasteiger partial charge in [0.05, 0.1) is 29.4 Å². The molecule has 4 aromatic rings. The monoisotopic (exact) mass is 616 g/mol. The zero-order valence-electron chi connectivity index (χ0n) is 22.3. The van der Waals surface area contributed by atoms with Gasteiger partial charge in [-0.15, -0.1) is 5.10 Å². The van der Waals surface area contributed by atoms with E-state index in [1.54, 1.807) is 26.6 Å². The van der Waals surface area contributed by atoms with Crippen LogP contribution in [0.4, 0.5) is 0 Å². The first-order valence-electron chi connectivity index (χ1n) is 13.9. The van der Waals surface area contributed by atoms with Gasteiger partial charge in [-0.1, -0.05) is 19.1 Å². The highest BCUT2D eigenvalue weighted by Gasteiger charge is 2.40. The van der Waals surface area contributed by atoms with Gasteiger partial charge in [-0.05, 0) is 76.7 Å². The van der Waals surface area contributed by atoms with Crippen LogP contribution < -0.4 is 4.74 Å². The molecule has 1 atom stereocenters. The van der Waals surface area contributed by atoms with Crippen molar-refractivity contribution < 1.29 is 19.4 Å². The van der Waals surface area contributed by atoms with E-state index in [1.807, 2.05) is 18.2 Å². The molecule has 0 spiro atoms. The van der Waals surface area contributed by atoms with E-state index >= 15 is 0 Å². The number of fused-ring (bicyclic) bond motifs is 1. The fourth-order valence-corrected chi connectivity index (χ4v) is 6.61. The molecule has 0 saturated heterocycles. The van der Waals surface area contributed by atoms with Crippen LogP contribution in [0.3, 0.4) is 0 Å². The van der Waals surface area contributed by atoms with Crippen molar-refractivity contribution in [2.45, 2.75) is 37.6 Å². The molecule has 1 unspecified atom stereocenters. The molecule has 3 aliphatic rings. The molecule has 1 aliphatic carbocycles. The van der Waals surface area contributed by atoms with Crippen molar-refractivity contribution in [2.24, 2.45) is 0 Å². The first kappa shape index (κ1) is 25.8. The number of phenols is 1. The lowest BCUT2D eigenvalue weighted by atomic mass is 9.80. The van der Waals surface area contributed by atoms with Gasteiger partial charge >= 0.3 is 0 Å². The number of halogens is 1. The van der Waals surface area contributed by atoms with Crippen molar-refractivity contribution in [1.82, 2.24) is 29.8 Å². The third-order valence-corrected chi connectivity index (χ3v) is 9.20. The van der Waals surface area contributed by atoms with Crippen LogP contribution in [0.1, 0.15) is 58.4 Å². The lowest BCUT2D eigenvalue weighted by Crippen LogP contribution is -2.48. The van der Waals surface area contributed by atoms with E-state index in [0.29, 0.717) is 47.2 Å². The van der Waals surface area contributed by atoms with Crippen LogP contribution in [0.25, 0.3) is 16.6 Å². The number of hydrogen-bond donors (Lipinski definition) is 2. The summed E-state index contributed by atoms with van der Waals surface area (Å²) in [5.41, 5.74) is 4.60. The number of aromatic hydroxyl groups is 1. The number of ether oxygens (including phenoxy) is 1. The van der Waals surface area contributed by atoms with Gasteiger partial charge in [0.15, 0.2) is 0 Å². The minimum Gasteiger partial charge on any atom is -0.506 e. The standard InChI is InChI=1S/C30H29BrN6O4/c1-2-26(39)35-12-13-41-29-27-23(37(34-29)22-9-7-18(15-25(22)38)17-4-3-5-17)10-11-36(24(27)16-35)30(40)19-6-8-20-21(14-19)32-33-28(20)31/h2,6-9,14-15,17,24,38H,1,3-5,10-13,16H2,(H,32,33). The Hall–Kier alpha value is -4.12. The molecule has 2 aromatic heterocycles. The molecule has 7 rings (SSSR count). The van der Waals surface area contributed by atoms with Gasteiger partial charge in [0.2, 0.25) is 11.8 Å². The molecule has 2 aromatic carbocycles. The van der Waals surface area contributed by atoms with E-state index < -0.39 is 6.04 Å². The first-order valence-corrected chi connectivity index (χ1v) is 14.7. The molecule has 0 bridgehead atoms. The highest BCUT2D eigenvalue weighted by Crippen LogP contribution is 2.43. The van der Waals surface area contributed by atoms with E-state index in [9.17, 15) is 14.7 Å². The number of nitrogens with zero attached hydrogens (tertiary/aromatic N) is 5. The summed E-state index contributed by atoms with van der Waals surface area (Å²) in [6.07, 6.45) is 5.29. The highest BCUT2D eigenvalue weighted by molar-refractivity contribution is 9.10. The van der Waals surface area contributed by atoms with E-state index in [1.165, 1.54) is 12.5 Å². The van der Waals surface area contributed by atoms with Gasteiger partial charge in [0.25, 0.3) is 5.91 Å². The molecular formula is C30H29BrN6O4. The molecular weight excluding hydrogens is 588 g/mol. The summed E-state index contributed by atoms with van der Waals surface area (Å²) in [6, 6.07) is 10.8. The van der Waals surface area contributed by atoms with Crippen molar-refractivity contribution in [3.8, 4) is 17.3 Å². The second-order valence-electron chi connectivity index (χ2n) is 10.8. The predicted octanol–water partition coefficient (Wildman–Crippen LogP) is 4.63. The van der Waals surface area contributed by atoms with Gasteiger partial charge in [-0.3, -0.25) is 14.7 Å². The molecule has 10 nitrogen and oxygen atoms in total. The maximum atomic E-state index is 14.0. The quantitative estimate of drug-likeness (QED) is 0.323. The fraction of sp³-hybridized carbons (Fsp3) is 0.333. The number of H-pyrrole nitrogens is 1. The summed E-state index contributed by atoms with van der Waals surface area (Å²) in [5, 5.41) is 23.9. The van der Waals surface area contributed by atoms with Crippen molar-refractivity contribution in [3.05, 3.63) is 76.0 Å². The van der Waals surface area contributed by atoms with Crippen LogP contribution in [-0.4, -0.2) is 72.9 Å². The largest absolute Gasteiger partial charge is 0.506 e. The van der Waals surface area contributed by atoms with Crippen LogP contribution in [-0.2, 0) is 11.2 Å². The Kier molecular flexibility index (Phi) is 6.33. The summed E-state index contributed by atoms with van der Waals surface area (Å²) in [6.45, 7) is 4.93. The number of hydrogen-bond acceptors (Lipinski definition) is 6. The van der Waals surface area contributed by atoms with Gasteiger partial charge in [-0.25, -0.2) is 4.68 Å². The Labute approximate surface area is 244 Å². The Morgan fingerprint density at radius 2 is 2.02 bits per heavy atom. The predicted molar refractivity (Wildman–Crippen MR) is 155 cm³/mol. The summed E-state index contributed by atoms with van der Waals surface area (Å²) in [5.74, 6) is 0.694. The fourth-order valence-electron chi connectivity index (χ4n) is 6.18. The minimum absolute atomic E-state index is 0.161. The third kappa shape index (κ3) is 4.30. The zero-order valence-corrected chi connectivity index (χ0v) is 23.9. The van der Waals surface area contributed by atoms with Gasteiger partial charge in [0, 0.05) is 30.5 Å². The Morgan fingerprint density at radius 3 is 2.78 bits per heavy atom. The molecule has 2 amide bonds. The van der Waals surface area contributed by atoms with Crippen LogP contribution in [0.15, 0.2) is 53.7 Å². The van der Waals surface area contributed by atoms with E-state index in [4.69, 9.17) is 9.84 Å². The lowest BCUT2D eigenvalue weighted by molar-refractivity contribution is -0.127. The molecule has 210 valence electrons. The SMILES string of the molecule is C=CC(=O)N1CCOc2nn(-c3ccc(C4CCC4)cc3O)c3c2C(C1)N(C(=O)c1ccc2c(Br)n[nH]c2c1)CC3. The number of nitrogens with one attached hydrogen (secondary N) is 1. The minimum atomic E-state index is -0.500. The molecule has 1 fully saturated rings. The number of rotatable bonds is 4. The van der Waals surface area contributed by atoms with Crippen molar-refractivity contribution in [1.29, 1.82) is 0 Å². The lowest BCUT2D eigenvalue weighted by Gasteiger charge is -2.39. The number of benzene rings is 2. The first-order chi connectivity index (χ1) is 19.9. The number of aromatic amines is 1. The van der Waals surface area contributed by atoms with Gasteiger partial charge in [-0.2, -0.15) is 5.10 Å². The van der Waals surface area contributed by atoms with E-state index in [2.05, 4.69) is 38.8 Å². The molecule has 41 heavy (non-hydrogen) atoms. The molecule has 2 aliphatic heterocycles. The summed E-state index contributed by atoms with van der Waals surface area (Å²) in [7, 11) is 0. The average Bonchev–Trinajstić information content (AvgIpc) is 3.49. The van der Waals surface area contributed by atoms with Crippen LogP contribution in [0.2, 0.25) is 0 Å². The van der Waals surface area contributed by atoms with Crippen molar-refractivity contribution in [2.75, 3.05) is 26.2 Å². The summed E-state index contributed by atoms with van der Waals surface area (Å²) < 4.78 is 8.56. The number of carbonyl (C=O) groups is 2. The number of aromatic nitrogens is 4. The number of amides is 2. The molecule has 0 radical (unpaired) electrons. The smallest absolute Gasteiger partial charge is 0.254 e. The Bertz CT molecular complexity index is 1710. The Morgan fingerprint density at radius 1 is 1.17 bits per heavy atom. The maximum absolute atomic E-state index is 14.0. The highest BCUT2D eigenvalue weighted by atomic mass is 79.9. The zero-order chi connectivity index (χ0) is 28.2. The van der Waals surface area contributed by atoms with Crippen molar-refractivity contribution in [3.63, 3.8) is 0 Å². The summed E-state index contributed by atoms with van der Waals surface area (Å²) >= 11 is 3.42. The molecule has 2 N–H and O–H groups in total. The summed E-state index contributed by atoms with van der Waals surface area (Å²) in [4.78, 5) is 30.2. The van der Waals surface area contributed by atoms with E-state index in [0.717, 1.165) is 40.6 Å². The second kappa shape index (κ2) is 10.1. The van der Waals surface area contributed by atoms with Gasteiger partial charge in [0.1, 0.15) is 22.6 Å². The molecule has 4 heterocycles. The molecule has 1 saturated carbocycles. The number of phenolic OH excluding ortho intramolecular Hbond substituents is 1. The Balaban J connectivity index is 1.30. The van der Waals surface area contributed by atoms with Crippen molar-refractivity contribution >= 4 is 38.6 Å². The number of carbonyl (C=O) groups excluding carboxylic acids is 2. The topological polar surface area (TPSA) is 117 Å². The normalized spacial score (nSPS) is 18.7. The van der Waals surface area contributed by atoms with Gasteiger partial charge < -0.3 is 19.6 Å². The van der Waals surface area contributed by atoms with Crippen LogP contribution in [0, 0.1) is 0 Å².